The standard InChI is InChI=1S/C27H33ClN4O4/c1-36-20-5-6-23-21(16-20)25(22(28)18-31-23)24(33)7-8-27(26(34)35)9-14-32(15-10-27)13-3-2-4-19-17-29-11-12-30-19/h5-6,11-12,16-18,24,33H,2-4,7-10,13-15H2,1H3,(H,34,35). The number of hydrogen-bond donors (Lipinski definition) is 2. The van der Waals surface area contributed by atoms with Gasteiger partial charge >= 0.3 is 5.97 Å². The van der Waals surface area contributed by atoms with Crippen LogP contribution in [0.4, 0.5) is 0 Å². The number of carboxylic acid groups (broad SMARTS) is 1. The molecule has 0 bridgehead atoms. The second-order valence-electron chi connectivity index (χ2n) is 9.54. The Morgan fingerprint density at radius 3 is 2.69 bits per heavy atom. The van der Waals surface area contributed by atoms with Gasteiger partial charge in [-0.15, -0.1) is 0 Å². The van der Waals surface area contributed by atoms with Crippen molar-refractivity contribution in [2.75, 3.05) is 26.7 Å². The molecule has 1 atom stereocenters. The highest BCUT2D eigenvalue weighted by Gasteiger charge is 2.41. The van der Waals surface area contributed by atoms with Crippen molar-refractivity contribution in [2.45, 2.75) is 51.0 Å². The number of piperidine rings is 1. The Bertz CT molecular complexity index is 1170. The van der Waals surface area contributed by atoms with Crippen LogP contribution in [0.3, 0.4) is 0 Å². The number of hydrogen-bond acceptors (Lipinski definition) is 7. The topological polar surface area (TPSA) is 109 Å². The van der Waals surface area contributed by atoms with E-state index >= 15 is 0 Å². The van der Waals surface area contributed by atoms with E-state index in [-0.39, 0.29) is 0 Å². The van der Waals surface area contributed by atoms with Gasteiger partial charge in [0.15, 0.2) is 0 Å². The predicted octanol–water partition coefficient (Wildman–Crippen LogP) is 4.69. The van der Waals surface area contributed by atoms with Crippen LogP contribution in [0, 0.1) is 5.41 Å². The van der Waals surface area contributed by atoms with Crippen LogP contribution in [0.5, 0.6) is 5.75 Å². The number of carboxylic acids is 1. The lowest BCUT2D eigenvalue weighted by Crippen LogP contribution is -2.44. The summed E-state index contributed by atoms with van der Waals surface area (Å²) in [5, 5.41) is 22.3. The maximum atomic E-state index is 12.3. The maximum absolute atomic E-state index is 12.3. The van der Waals surface area contributed by atoms with Crippen molar-refractivity contribution in [3.05, 3.63) is 59.3 Å². The van der Waals surface area contributed by atoms with Crippen molar-refractivity contribution >= 4 is 28.5 Å². The summed E-state index contributed by atoms with van der Waals surface area (Å²) in [4.78, 5) is 27.4. The largest absolute Gasteiger partial charge is 0.497 e. The van der Waals surface area contributed by atoms with Gasteiger partial charge < -0.3 is 19.8 Å². The Balaban J connectivity index is 1.34. The van der Waals surface area contributed by atoms with Crippen LogP contribution in [0.1, 0.15) is 55.9 Å². The van der Waals surface area contributed by atoms with Gasteiger partial charge in [0, 0.05) is 35.7 Å². The van der Waals surface area contributed by atoms with Crippen LogP contribution in [0.15, 0.2) is 43.0 Å². The third-order valence-corrected chi connectivity index (χ3v) is 7.64. The van der Waals surface area contributed by atoms with E-state index in [1.165, 1.54) is 6.20 Å². The second-order valence-corrected chi connectivity index (χ2v) is 9.95. The van der Waals surface area contributed by atoms with Crippen LogP contribution in [0.25, 0.3) is 10.9 Å². The highest BCUT2D eigenvalue weighted by molar-refractivity contribution is 6.32. The highest BCUT2D eigenvalue weighted by atomic mass is 35.5. The fourth-order valence-electron chi connectivity index (χ4n) is 5.07. The molecule has 1 aromatic carbocycles. The number of unbranched alkanes of at least 4 members (excludes halogenated alkanes) is 1. The van der Waals surface area contributed by atoms with Crippen molar-refractivity contribution in [1.82, 2.24) is 19.9 Å². The molecule has 0 amide bonds. The smallest absolute Gasteiger partial charge is 0.309 e. The van der Waals surface area contributed by atoms with Crippen molar-refractivity contribution in [2.24, 2.45) is 5.41 Å². The summed E-state index contributed by atoms with van der Waals surface area (Å²) in [6.45, 7) is 2.42. The number of aliphatic hydroxyl groups excluding tert-OH is 1. The minimum Gasteiger partial charge on any atom is -0.497 e. The van der Waals surface area contributed by atoms with Gasteiger partial charge in [0.1, 0.15) is 5.75 Å². The molecule has 2 N–H and O–H groups in total. The number of methoxy groups -OCH3 is 1. The Morgan fingerprint density at radius 2 is 2.00 bits per heavy atom. The minimum absolute atomic E-state index is 0.306. The first-order valence-electron chi connectivity index (χ1n) is 12.4. The van der Waals surface area contributed by atoms with Crippen LogP contribution in [0.2, 0.25) is 5.02 Å². The lowest BCUT2D eigenvalue weighted by molar-refractivity contribution is -0.153. The molecular weight excluding hydrogens is 480 g/mol. The third kappa shape index (κ3) is 6.11. The average molecular weight is 513 g/mol. The van der Waals surface area contributed by atoms with Crippen LogP contribution in [-0.2, 0) is 11.2 Å². The number of aliphatic carboxylic acids is 1. The van der Waals surface area contributed by atoms with E-state index in [9.17, 15) is 15.0 Å². The number of aromatic nitrogens is 3. The number of ether oxygens (including phenoxy) is 1. The molecule has 0 aliphatic carbocycles. The molecule has 3 aromatic rings. The van der Waals surface area contributed by atoms with E-state index in [0.29, 0.717) is 47.5 Å². The summed E-state index contributed by atoms with van der Waals surface area (Å²) in [7, 11) is 1.58. The second kappa shape index (κ2) is 12.0. The number of carbonyl (C=O) groups is 1. The Hall–Kier alpha value is -2.81. The molecule has 36 heavy (non-hydrogen) atoms. The van der Waals surface area contributed by atoms with Gasteiger partial charge in [-0.05, 0) is 82.8 Å². The van der Waals surface area contributed by atoms with Gasteiger partial charge in [-0.2, -0.15) is 0 Å². The third-order valence-electron chi connectivity index (χ3n) is 7.34. The quantitative estimate of drug-likeness (QED) is 0.356. The van der Waals surface area contributed by atoms with Gasteiger partial charge in [0.25, 0.3) is 0 Å². The first-order chi connectivity index (χ1) is 17.4. The van der Waals surface area contributed by atoms with E-state index < -0.39 is 17.5 Å². The average Bonchev–Trinajstić information content (AvgIpc) is 2.90. The summed E-state index contributed by atoms with van der Waals surface area (Å²) in [5.41, 5.74) is 1.43. The fraction of sp³-hybridized carbons (Fsp3) is 0.481. The van der Waals surface area contributed by atoms with Crippen molar-refractivity contribution in [3.8, 4) is 5.75 Å². The zero-order chi connectivity index (χ0) is 25.5. The molecule has 1 fully saturated rings. The number of fused-ring (bicyclic) bond motifs is 1. The molecule has 1 saturated heterocycles. The Labute approximate surface area is 216 Å². The lowest BCUT2D eigenvalue weighted by Gasteiger charge is -2.39. The molecule has 1 aliphatic heterocycles. The molecule has 192 valence electrons. The molecule has 4 rings (SSSR count). The first kappa shape index (κ1) is 26.3. The van der Waals surface area contributed by atoms with E-state index in [4.69, 9.17) is 16.3 Å². The molecule has 3 heterocycles. The van der Waals surface area contributed by atoms with Crippen molar-refractivity contribution in [1.29, 1.82) is 0 Å². The summed E-state index contributed by atoms with van der Waals surface area (Å²) in [6.07, 6.45) is 10.6. The summed E-state index contributed by atoms with van der Waals surface area (Å²) in [5.74, 6) is -0.143. The molecule has 9 heteroatoms. The number of halogens is 1. The first-order valence-corrected chi connectivity index (χ1v) is 12.8. The van der Waals surface area contributed by atoms with E-state index in [2.05, 4.69) is 19.9 Å². The van der Waals surface area contributed by atoms with Crippen LogP contribution in [-0.4, -0.2) is 62.8 Å². The van der Waals surface area contributed by atoms with E-state index in [0.717, 1.165) is 50.0 Å². The molecule has 2 aromatic heterocycles. The maximum Gasteiger partial charge on any atom is 0.309 e. The number of aliphatic hydroxyl groups is 1. The SMILES string of the molecule is COc1ccc2ncc(Cl)c(C(O)CCC3(C(=O)O)CCN(CCCCc4cnccn4)CC3)c2c1. The summed E-state index contributed by atoms with van der Waals surface area (Å²) < 4.78 is 5.33. The Morgan fingerprint density at radius 1 is 1.19 bits per heavy atom. The van der Waals surface area contributed by atoms with Gasteiger partial charge in [-0.3, -0.25) is 19.7 Å². The number of pyridine rings is 1. The fourth-order valence-corrected chi connectivity index (χ4v) is 5.34. The number of nitrogens with zero attached hydrogens (tertiary/aromatic N) is 4. The molecule has 8 nitrogen and oxygen atoms in total. The zero-order valence-corrected chi connectivity index (χ0v) is 21.3. The lowest BCUT2D eigenvalue weighted by atomic mass is 9.74. The van der Waals surface area contributed by atoms with Crippen molar-refractivity contribution < 1.29 is 19.7 Å². The van der Waals surface area contributed by atoms with Gasteiger partial charge in [-0.25, -0.2) is 0 Å². The molecule has 1 aliphatic rings. The highest BCUT2D eigenvalue weighted by Crippen LogP contribution is 2.41. The number of likely N-dealkylation sites (tertiary alicyclic amines) is 1. The van der Waals surface area contributed by atoms with Crippen molar-refractivity contribution in [3.63, 3.8) is 0 Å². The van der Waals surface area contributed by atoms with Gasteiger partial charge in [0.05, 0.1) is 34.9 Å². The predicted molar refractivity (Wildman–Crippen MR) is 138 cm³/mol. The van der Waals surface area contributed by atoms with Crippen LogP contribution < -0.4 is 4.74 Å². The molecule has 0 radical (unpaired) electrons. The van der Waals surface area contributed by atoms with Gasteiger partial charge in [-0.1, -0.05) is 11.6 Å². The molecule has 1 unspecified atom stereocenters. The molecular formula is C27H33ClN4O4. The molecule has 0 spiro atoms. The number of benzene rings is 1. The monoisotopic (exact) mass is 512 g/mol. The summed E-state index contributed by atoms with van der Waals surface area (Å²) >= 11 is 6.44. The Kier molecular flexibility index (Phi) is 8.72. The zero-order valence-electron chi connectivity index (χ0n) is 20.6. The summed E-state index contributed by atoms with van der Waals surface area (Å²) in [6, 6.07) is 5.44. The van der Waals surface area contributed by atoms with E-state index in [1.807, 2.05) is 18.2 Å². The minimum atomic E-state index is -0.898. The van der Waals surface area contributed by atoms with E-state index in [1.54, 1.807) is 25.7 Å². The normalized spacial score (nSPS) is 16.6. The number of aryl methyl sites for hydroxylation is 1. The number of rotatable bonds is 11. The van der Waals surface area contributed by atoms with Gasteiger partial charge in [0.2, 0.25) is 0 Å². The molecule has 0 saturated carbocycles. The van der Waals surface area contributed by atoms with Crippen LogP contribution >= 0.6 is 11.6 Å².